The van der Waals surface area contributed by atoms with Crippen LogP contribution >= 0.6 is 0 Å². The summed E-state index contributed by atoms with van der Waals surface area (Å²) in [6, 6.07) is 0. The second-order valence-corrected chi connectivity index (χ2v) is 6.43. The number of cyclic esters (lactones) is 2. The van der Waals surface area contributed by atoms with E-state index in [-0.39, 0.29) is 39.3 Å². The van der Waals surface area contributed by atoms with Gasteiger partial charge in [-0.3, -0.25) is 9.59 Å². The minimum absolute atomic E-state index is 0.0628. The van der Waals surface area contributed by atoms with Gasteiger partial charge >= 0.3 is 23.9 Å². The number of carboxylic acid groups (broad SMARTS) is 2. The Morgan fingerprint density at radius 3 is 1.32 bits per heavy atom. The van der Waals surface area contributed by atoms with E-state index in [4.69, 9.17) is 35.7 Å². The summed E-state index contributed by atoms with van der Waals surface area (Å²) < 4.78 is 3.97. The average Bonchev–Trinajstić information content (AvgIpc) is 3.11. The molecule has 7 N–H and O–H groups in total. The summed E-state index contributed by atoms with van der Waals surface area (Å²) in [6.45, 7) is 2.74. The third-order valence-electron chi connectivity index (χ3n) is 3.61. The van der Waals surface area contributed by atoms with E-state index in [0.717, 1.165) is 12.2 Å². The molecule has 0 aromatic rings. The van der Waals surface area contributed by atoms with Gasteiger partial charge in [0.15, 0.2) is 0 Å². The third-order valence-corrected chi connectivity index (χ3v) is 3.61. The van der Waals surface area contributed by atoms with Crippen molar-refractivity contribution in [2.24, 2.45) is 5.41 Å². The number of esters is 2. The second kappa shape index (κ2) is 20.9. The molecule has 12 heteroatoms. The van der Waals surface area contributed by atoms with E-state index in [1.165, 1.54) is 6.92 Å². The molecule has 1 aliphatic rings. The summed E-state index contributed by atoms with van der Waals surface area (Å²) in [7, 11) is 0. The van der Waals surface area contributed by atoms with Crippen LogP contribution in [0.2, 0.25) is 0 Å². The van der Waals surface area contributed by atoms with Crippen molar-refractivity contribution in [1.29, 1.82) is 0 Å². The Morgan fingerprint density at radius 2 is 1.23 bits per heavy atom. The quantitative estimate of drug-likeness (QED) is 0.121. The fourth-order valence-electron chi connectivity index (χ4n) is 1.34. The van der Waals surface area contributed by atoms with Crippen molar-refractivity contribution in [1.82, 2.24) is 0 Å². The van der Waals surface area contributed by atoms with Crippen LogP contribution in [0.25, 0.3) is 0 Å². The van der Waals surface area contributed by atoms with Crippen LogP contribution in [0.3, 0.4) is 0 Å². The predicted octanol–water partition coefficient (Wildman–Crippen LogP) is -0.939. The lowest BCUT2D eigenvalue weighted by atomic mass is 9.88. The highest BCUT2D eigenvalue weighted by atomic mass is 16.6. The first-order chi connectivity index (χ1) is 14.4. The lowest BCUT2D eigenvalue weighted by molar-refractivity contribution is -0.150. The Hall–Kier alpha value is -2.38. The molecular weight excluding hydrogens is 420 g/mol. The van der Waals surface area contributed by atoms with E-state index >= 15 is 0 Å². The molecule has 31 heavy (non-hydrogen) atoms. The smallest absolute Gasteiger partial charge is 0.338 e. The number of hydrogen-bond donors (Lipinski definition) is 7. The molecule has 0 radical (unpaired) electrons. The number of carbonyl (C=O) groups is 4. The van der Waals surface area contributed by atoms with Crippen molar-refractivity contribution in [3.63, 3.8) is 0 Å². The predicted molar refractivity (Wildman–Crippen MR) is 107 cm³/mol. The van der Waals surface area contributed by atoms with Gasteiger partial charge in [0.2, 0.25) is 0 Å². The van der Waals surface area contributed by atoms with Crippen molar-refractivity contribution >= 4 is 23.9 Å². The Balaban J connectivity index is -0.000000347. The summed E-state index contributed by atoms with van der Waals surface area (Å²) in [5, 5.41) is 58.2. The van der Waals surface area contributed by atoms with Crippen molar-refractivity contribution in [2.75, 3.05) is 26.4 Å². The van der Waals surface area contributed by atoms with Gasteiger partial charge in [0.25, 0.3) is 0 Å². The molecule has 1 atom stereocenters. The van der Waals surface area contributed by atoms with Crippen LogP contribution in [0.1, 0.15) is 46.0 Å². The SMILES string of the molecule is CC(O)CO.CCC(CO)(CO)CO.O=C(O)CCCCC(=O)O.O=C1C=CC(=O)O1. The number of aliphatic carboxylic acids is 2. The molecule has 0 saturated carbocycles. The van der Waals surface area contributed by atoms with Gasteiger partial charge in [0, 0.05) is 30.4 Å². The molecular formula is C19H34O12. The third kappa shape index (κ3) is 23.8. The van der Waals surface area contributed by atoms with Gasteiger partial charge in [-0.15, -0.1) is 0 Å². The van der Waals surface area contributed by atoms with Crippen molar-refractivity contribution < 1.29 is 59.7 Å². The van der Waals surface area contributed by atoms with Crippen LogP contribution in [-0.4, -0.2) is 92.2 Å². The number of carboxylic acids is 2. The average molecular weight is 454 g/mol. The van der Waals surface area contributed by atoms with Gasteiger partial charge < -0.3 is 40.5 Å². The molecule has 1 aliphatic heterocycles. The summed E-state index contributed by atoms with van der Waals surface area (Å²) in [5.41, 5.74) is -0.667. The van der Waals surface area contributed by atoms with Crippen LogP contribution in [0, 0.1) is 5.41 Å². The first-order valence-electron chi connectivity index (χ1n) is 9.42. The largest absolute Gasteiger partial charge is 0.481 e. The zero-order chi connectivity index (χ0) is 24.9. The number of aliphatic hydroxyl groups is 5. The first-order valence-corrected chi connectivity index (χ1v) is 9.42. The van der Waals surface area contributed by atoms with E-state index in [0.29, 0.717) is 19.3 Å². The fraction of sp³-hybridized carbons (Fsp3) is 0.684. The molecule has 0 aromatic heterocycles. The molecule has 0 amide bonds. The maximum absolute atomic E-state index is 9.92. The molecule has 1 rings (SSSR count). The van der Waals surface area contributed by atoms with E-state index in [9.17, 15) is 19.2 Å². The number of unbranched alkanes of at least 4 members (excludes halogenated alkanes) is 1. The van der Waals surface area contributed by atoms with Gasteiger partial charge in [-0.2, -0.15) is 0 Å². The summed E-state index contributed by atoms with van der Waals surface area (Å²) >= 11 is 0. The van der Waals surface area contributed by atoms with Gasteiger partial charge in [-0.05, 0) is 26.2 Å². The standard InChI is InChI=1S/C6H10O4.C6H14O3.C4H2O3.C3H8O2/c7-5(8)3-1-2-4-6(9)10;1-2-6(3-7,4-8)5-9;5-3-1-2-4(6)7-3;1-3(5)2-4/h1-4H2,(H,7,8)(H,9,10);7-9H,2-5H2,1H3;1-2H;3-5H,2H2,1H3. The Morgan fingerprint density at radius 1 is 0.903 bits per heavy atom. The van der Waals surface area contributed by atoms with Crippen LogP contribution in [0.15, 0.2) is 12.2 Å². The summed E-state index contributed by atoms with van der Waals surface area (Å²) in [5.74, 6) is -2.90. The van der Waals surface area contributed by atoms with Crippen molar-refractivity contribution in [2.45, 2.75) is 52.1 Å². The maximum atomic E-state index is 9.92. The monoisotopic (exact) mass is 454 g/mol. The van der Waals surface area contributed by atoms with Crippen LogP contribution in [0.4, 0.5) is 0 Å². The fourth-order valence-corrected chi connectivity index (χ4v) is 1.34. The summed E-state index contributed by atoms with van der Waals surface area (Å²) in [4.78, 5) is 39.6. The highest BCUT2D eigenvalue weighted by Crippen LogP contribution is 2.18. The minimum Gasteiger partial charge on any atom is -0.481 e. The van der Waals surface area contributed by atoms with Crippen molar-refractivity contribution in [3.05, 3.63) is 12.2 Å². The first kappa shape index (κ1) is 33.3. The van der Waals surface area contributed by atoms with E-state index in [1.807, 2.05) is 6.92 Å². The van der Waals surface area contributed by atoms with Gasteiger partial charge in [-0.1, -0.05) is 6.92 Å². The van der Waals surface area contributed by atoms with Gasteiger partial charge in [-0.25, -0.2) is 9.59 Å². The number of aliphatic hydroxyl groups excluding tert-OH is 5. The topological polar surface area (TPSA) is 219 Å². The Bertz CT molecular complexity index is 488. The highest BCUT2D eigenvalue weighted by Gasteiger charge is 2.24. The van der Waals surface area contributed by atoms with Gasteiger partial charge in [0.05, 0.1) is 32.5 Å². The zero-order valence-electron chi connectivity index (χ0n) is 17.8. The second-order valence-electron chi connectivity index (χ2n) is 6.43. The molecule has 0 aliphatic carbocycles. The highest BCUT2D eigenvalue weighted by molar-refractivity contribution is 6.04. The lowest BCUT2D eigenvalue weighted by Crippen LogP contribution is -2.32. The lowest BCUT2D eigenvalue weighted by Gasteiger charge is -2.24. The van der Waals surface area contributed by atoms with Crippen LogP contribution in [-0.2, 0) is 23.9 Å². The molecule has 0 saturated heterocycles. The van der Waals surface area contributed by atoms with Gasteiger partial charge in [0.1, 0.15) is 0 Å². The number of rotatable bonds is 10. The molecule has 12 nitrogen and oxygen atoms in total. The molecule has 0 fully saturated rings. The number of hydrogen-bond acceptors (Lipinski definition) is 10. The normalized spacial score (nSPS) is 12.9. The van der Waals surface area contributed by atoms with Crippen LogP contribution in [0.5, 0.6) is 0 Å². The zero-order valence-corrected chi connectivity index (χ0v) is 17.8. The number of ether oxygens (including phenoxy) is 1. The van der Waals surface area contributed by atoms with E-state index in [2.05, 4.69) is 4.74 Å². The molecule has 0 bridgehead atoms. The Kier molecular flexibility index (Phi) is 22.4. The molecule has 1 unspecified atom stereocenters. The molecule has 0 spiro atoms. The molecule has 182 valence electrons. The molecule has 1 heterocycles. The molecule has 0 aromatic carbocycles. The number of carbonyl (C=O) groups excluding carboxylic acids is 2. The van der Waals surface area contributed by atoms with Crippen LogP contribution < -0.4 is 0 Å². The Labute approximate surface area is 180 Å². The van der Waals surface area contributed by atoms with Crippen molar-refractivity contribution in [3.8, 4) is 0 Å². The summed E-state index contributed by atoms with van der Waals surface area (Å²) in [6.07, 6.45) is 3.22. The van der Waals surface area contributed by atoms with E-state index in [1.54, 1.807) is 0 Å². The maximum Gasteiger partial charge on any atom is 0.338 e. The minimum atomic E-state index is -0.870. The van der Waals surface area contributed by atoms with E-state index < -0.39 is 35.4 Å².